The van der Waals surface area contributed by atoms with Crippen molar-refractivity contribution >= 4 is 11.3 Å². The fourth-order valence-electron chi connectivity index (χ4n) is 2.31. The number of thiophene rings is 1. The van der Waals surface area contributed by atoms with Gasteiger partial charge in [-0.05, 0) is 32.0 Å². The predicted octanol–water partition coefficient (Wildman–Crippen LogP) is 3.37. The number of nitrogens with zero attached hydrogens (tertiary/aromatic N) is 2. The van der Waals surface area contributed by atoms with Crippen LogP contribution in [0.3, 0.4) is 0 Å². The van der Waals surface area contributed by atoms with Gasteiger partial charge in [-0.25, -0.2) is 0 Å². The van der Waals surface area contributed by atoms with Crippen molar-refractivity contribution in [1.29, 1.82) is 0 Å². The van der Waals surface area contributed by atoms with E-state index in [4.69, 9.17) is 0 Å². The highest BCUT2D eigenvalue weighted by molar-refractivity contribution is 7.15. The molecule has 2 aromatic rings. The van der Waals surface area contributed by atoms with Crippen molar-refractivity contribution in [1.82, 2.24) is 15.1 Å². The van der Waals surface area contributed by atoms with E-state index in [1.54, 1.807) is 0 Å². The SMILES string of the molecule is CNC(c1ccc(-c2cn(C)nc2C)s1)C(C)C. The first-order valence-corrected chi connectivity index (χ1v) is 7.12. The summed E-state index contributed by atoms with van der Waals surface area (Å²) in [5.41, 5.74) is 2.34. The van der Waals surface area contributed by atoms with Crippen LogP contribution in [0.2, 0.25) is 0 Å². The zero-order valence-corrected chi connectivity index (χ0v) is 12.5. The maximum atomic E-state index is 4.40. The van der Waals surface area contributed by atoms with Gasteiger partial charge in [0.15, 0.2) is 0 Å². The van der Waals surface area contributed by atoms with Gasteiger partial charge in [-0.1, -0.05) is 13.8 Å². The second kappa shape index (κ2) is 5.24. The maximum absolute atomic E-state index is 4.40. The monoisotopic (exact) mass is 263 g/mol. The van der Waals surface area contributed by atoms with E-state index < -0.39 is 0 Å². The van der Waals surface area contributed by atoms with Crippen molar-refractivity contribution in [2.45, 2.75) is 26.8 Å². The first kappa shape index (κ1) is 13.3. The molecule has 0 aliphatic heterocycles. The molecule has 0 aromatic carbocycles. The highest BCUT2D eigenvalue weighted by atomic mass is 32.1. The summed E-state index contributed by atoms with van der Waals surface area (Å²) in [5, 5.41) is 7.80. The van der Waals surface area contributed by atoms with Crippen LogP contribution in [0.15, 0.2) is 18.3 Å². The minimum Gasteiger partial charge on any atom is -0.312 e. The molecule has 0 radical (unpaired) electrons. The van der Waals surface area contributed by atoms with Crippen molar-refractivity contribution in [2.24, 2.45) is 13.0 Å². The van der Waals surface area contributed by atoms with Crippen molar-refractivity contribution in [2.75, 3.05) is 7.05 Å². The van der Waals surface area contributed by atoms with E-state index in [-0.39, 0.29) is 0 Å². The molecule has 98 valence electrons. The third-order valence-electron chi connectivity index (χ3n) is 3.19. The molecule has 1 atom stereocenters. The number of hydrogen-bond donors (Lipinski definition) is 1. The molecule has 1 unspecified atom stereocenters. The summed E-state index contributed by atoms with van der Waals surface area (Å²) in [4.78, 5) is 2.70. The molecule has 3 nitrogen and oxygen atoms in total. The molecule has 18 heavy (non-hydrogen) atoms. The van der Waals surface area contributed by atoms with Crippen LogP contribution in [0.25, 0.3) is 10.4 Å². The van der Waals surface area contributed by atoms with Crippen LogP contribution in [0, 0.1) is 12.8 Å². The lowest BCUT2D eigenvalue weighted by atomic mass is 10.0. The molecule has 0 bridgehead atoms. The first-order chi connectivity index (χ1) is 8.52. The fraction of sp³-hybridized carbons (Fsp3) is 0.500. The van der Waals surface area contributed by atoms with Gasteiger partial charge >= 0.3 is 0 Å². The minimum absolute atomic E-state index is 0.431. The van der Waals surface area contributed by atoms with Crippen LogP contribution in [-0.2, 0) is 7.05 Å². The highest BCUT2D eigenvalue weighted by Crippen LogP contribution is 2.34. The quantitative estimate of drug-likeness (QED) is 0.916. The molecule has 0 saturated carbocycles. The summed E-state index contributed by atoms with van der Waals surface area (Å²) in [6, 6.07) is 4.87. The maximum Gasteiger partial charge on any atom is 0.0680 e. The van der Waals surface area contributed by atoms with Gasteiger partial charge in [0.1, 0.15) is 0 Å². The normalized spacial score (nSPS) is 13.2. The summed E-state index contributed by atoms with van der Waals surface area (Å²) < 4.78 is 1.88. The zero-order chi connectivity index (χ0) is 13.3. The van der Waals surface area contributed by atoms with Gasteiger partial charge in [0.2, 0.25) is 0 Å². The summed E-state index contributed by atoms with van der Waals surface area (Å²) in [7, 11) is 3.99. The first-order valence-electron chi connectivity index (χ1n) is 6.30. The Hall–Kier alpha value is -1.13. The van der Waals surface area contributed by atoms with Crippen molar-refractivity contribution in [3.8, 4) is 10.4 Å². The van der Waals surface area contributed by atoms with Gasteiger partial charge in [0.25, 0.3) is 0 Å². The summed E-state index contributed by atoms with van der Waals surface area (Å²) in [5.74, 6) is 0.594. The molecule has 0 aliphatic rings. The Morgan fingerprint density at radius 1 is 1.33 bits per heavy atom. The molecule has 0 fully saturated rings. The topological polar surface area (TPSA) is 29.9 Å². The Kier molecular flexibility index (Phi) is 3.88. The summed E-state index contributed by atoms with van der Waals surface area (Å²) >= 11 is 1.86. The lowest BCUT2D eigenvalue weighted by Gasteiger charge is -2.18. The Morgan fingerprint density at radius 2 is 2.06 bits per heavy atom. The second-order valence-corrected chi connectivity index (χ2v) is 6.13. The van der Waals surface area contributed by atoms with E-state index in [1.165, 1.54) is 15.3 Å². The van der Waals surface area contributed by atoms with E-state index in [1.807, 2.05) is 30.1 Å². The Morgan fingerprint density at radius 3 is 2.56 bits per heavy atom. The lowest BCUT2D eigenvalue weighted by molar-refractivity contribution is 0.449. The van der Waals surface area contributed by atoms with E-state index in [0.29, 0.717) is 12.0 Å². The van der Waals surface area contributed by atoms with Crippen LogP contribution in [0.1, 0.15) is 30.5 Å². The van der Waals surface area contributed by atoms with Crippen LogP contribution in [0.4, 0.5) is 0 Å². The van der Waals surface area contributed by atoms with E-state index >= 15 is 0 Å². The summed E-state index contributed by atoms with van der Waals surface area (Å²) in [6.07, 6.45) is 2.09. The standard InChI is InChI=1S/C14H21N3S/c1-9(2)14(15-4)13-7-6-12(18-13)11-8-17(5)16-10(11)3/h6-9,14-15H,1-5H3. The molecule has 1 N–H and O–H groups in total. The average molecular weight is 263 g/mol. The number of rotatable bonds is 4. The fourth-order valence-corrected chi connectivity index (χ4v) is 3.66. The number of aryl methyl sites for hydroxylation is 2. The molecular formula is C14H21N3S. The van der Waals surface area contributed by atoms with E-state index in [0.717, 1.165) is 5.69 Å². The third-order valence-corrected chi connectivity index (χ3v) is 4.39. The Labute approximate surface area is 113 Å². The molecule has 0 spiro atoms. The zero-order valence-electron chi connectivity index (χ0n) is 11.7. The van der Waals surface area contributed by atoms with Crippen LogP contribution < -0.4 is 5.32 Å². The molecule has 2 aromatic heterocycles. The van der Waals surface area contributed by atoms with E-state index in [9.17, 15) is 0 Å². The molecule has 0 aliphatic carbocycles. The molecule has 2 heterocycles. The van der Waals surface area contributed by atoms with Crippen molar-refractivity contribution in [3.63, 3.8) is 0 Å². The highest BCUT2D eigenvalue weighted by Gasteiger charge is 2.17. The average Bonchev–Trinajstić information content (AvgIpc) is 2.86. The minimum atomic E-state index is 0.431. The number of aromatic nitrogens is 2. The molecule has 0 amide bonds. The largest absolute Gasteiger partial charge is 0.312 e. The van der Waals surface area contributed by atoms with Gasteiger partial charge in [0, 0.05) is 34.6 Å². The Balaban J connectivity index is 2.33. The lowest BCUT2D eigenvalue weighted by Crippen LogP contribution is -2.20. The van der Waals surface area contributed by atoms with Gasteiger partial charge < -0.3 is 5.32 Å². The number of nitrogens with one attached hydrogen (secondary N) is 1. The van der Waals surface area contributed by atoms with E-state index in [2.05, 4.69) is 49.5 Å². The van der Waals surface area contributed by atoms with Crippen LogP contribution >= 0.6 is 11.3 Å². The molecular weight excluding hydrogens is 242 g/mol. The van der Waals surface area contributed by atoms with Gasteiger partial charge in [-0.15, -0.1) is 11.3 Å². The van der Waals surface area contributed by atoms with Crippen molar-refractivity contribution in [3.05, 3.63) is 28.9 Å². The molecule has 4 heteroatoms. The Bertz CT molecular complexity index is 525. The van der Waals surface area contributed by atoms with Gasteiger partial charge in [0.05, 0.1) is 5.69 Å². The number of hydrogen-bond acceptors (Lipinski definition) is 3. The van der Waals surface area contributed by atoms with Crippen molar-refractivity contribution < 1.29 is 0 Å². The second-order valence-electron chi connectivity index (χ2n) is 5.01. The summed E-state index contributed by atoms with van der Waals surface area (Å²) in [6.45, 7) is 6.55. The third kappa shape index (κ3) is 2.49. The van der Waals surface area contributed by atoms with Gasteiger partial charge in [-0.3, -0.25) is 4.68 Å². The molecule has 0 saturated heterocycles. The molecule has 2 rings (SSSR count). The smallest absolute Gasteiger partial charge is 0.0680 e. The van der Waals surface area contributed by atoms with Crippen LogP contribution in [-0.4, -0.2) is 16.8 Å². The predicted molar refractivity (Wildman–Crippen MR) is 77.9 cm³/mol. The van der Waals surface area contributed by atoms with Gasteiger partial charge in [-0.2, -0.15) is 5.10 Å². The van der Waals surface area contributed by atoms with Crippen LogP contribution in [0.5, 0.6) is 0 Å².